The van der Waals surface area contributed by atoms with Crippen LogP contribution >= 0.6 is 0 Å². The average Bonchev–Trinajstić information content (AvgIpc) is 3.77. The summed E-state index contributed by atoms with van der Waals surface area (Å²) in [5.74, 6) is -2.15. The molecule has 0 bridgehead atoms. The van der Waals surface area contributed by atoms with Crippen LogP contribution in [0, 0.1) is 23.2 Å². The third kappa shape index (κ3) is 9.75. The molecule has 1 unspecified atom stereocenters. The van der Waals surface area contributed by atoms with Gasteiger partial charge in [0.2, 0.25) is 23.5 Å². The van der Waals surface area contributed by atoms with E-state index in [2.05, 4.69) is 21.3 Å². The van der Waals surface area contributed by atoms with Gasteiger partial charge >= 0.3 is 6.03 Å². The number of Topliss-reactive ketones (excluding diaryl/α,β-unsaturated/α-hetero) is 1. The van der Waals surface area contributed by atoms with Crippen LogP contribution in [-0.2, 0) is 30.5 Å². The number of primary amides is 1. The third-order valence-electron chi connectivity index (χ3n) is 10.5. The van der Waals surface area contributed by atoms with Gasteiger partial charge in [-0.2, -0.15) is 0 Å². The van der Waals surface area contributed by atoms with Crippen molar-refractivity contribution in [3.63, 3.8) is 0 Å². The molecule has 6 N–H and O–H groups in total. The highest BCUT2D eigenvalue weighted by Gasteiger charge is 2.47. The highest BCUT2D eigenvalue weighted by Crippen LogP contribution is 2.35. The Morgan fingerprint density at radius 3 is 2.28 bits per heavy atom. The fourth-order valence-electron chi connectivity index (χ4n) is 7.10. The van der Waals surface area contributed by atoms with Gasteiger partial charge in [0.25, 0.3) is 5.91 Å². The van der Waals surface area contributed by atoms with E-state index in [0.29, 0.717) is 31.4 Å². The minimum absolute atomic E-state index is 0.00310. The molecule has 13 heteroatoms. The first-order valence-corrected chi connectivity index (χ1v) is 18.0. The number of rotatable bonds is 14. The molecule has 4 rings (SSSR count). The number of hydrogen-bond donors (Lipinski definition) is 5. The van der Waals surface area contributed by atoms with Crippen LogP contribution in [0.2, 0.25) is 0 Å². The van der Waals surface area contributed by atoms with E-state index < -0.39 is 58.6 Å². The first-order valence-electron chi connectivity index (χ1n) is 18.0. The first-order chi connectivity index (χ1) is 23.5. The van der Waals surface area contributed by atoms with Crippen molar-refractivity contribution < 1.29 is 33.5 Å². The van der Waals surface area contributed by atoms with Crippen LogP contribution in [0.4, 0.5) is 4.79 Å². The van der Waals surface area contributed by atoms with Crippen LogP contribution in [0.15, 0.2) is 24.3 Å². The molecule has 50 heavy (non-hydrogen) atoms. The minimum Gasteiger partial charge on any atom is -0.497 e. The number of hydrogen-bond acceptors (Lipinski definition) is 7. The summed E-state index contributed by atoms with van der Waals surface area (Å²) in [6.07, 6.45) is 5.88. The molecular formula is C37H56N6O7. The molecule has 2 aliphatic carbocycles. The summed E-state index contributed by atoms with van der Waals surface area (Å²) < 4.78 is 5.30. The van der Waals surface area contributed by atoms with Gasteiger partial charge in [-0.3, -0.25) is 24.0 Å². The van der Waals surface area contributed by atoms with E-state index in [1.165, 1.54) is 4.90 Å². The standard InChI is InChI=1S/C37H56N6O7/c1-22(2)25-19-28(32(46)40-27(18-23-13-14-23)29(44)31(38)45)43(21-25)33(47)30(36(3,4)5)41-35(49)42-37(15-8-7-9-16-37)34(48)39-20-24-11-10-12-26(17-24)50-6/h10-12,17,22-23,25,27-28,30H,7-9,13-16,18-21H2,1-6H3,(H2,38,45)(H,39,48)(H,40,46)(H2,41,42,49)/t25-,27?,28+,30-/m1/s1. The lowest BCUT2D eigenvalue weighted by molar-refractivity contribution is -0.143. The number of nitrogens with one attached hydrogen (secondary N) is 4. The Kier molecular flexibility index (Phi) is 12.6. The van der Waals surface area contributed by atoms with E-state index in [-0.39, 0.29) is 36.8 Å². The quantitative estimate of drug-likeness (QED) is 0.185. The van der Waals surface area contributed by atoms with Crippen molar-refractivity contribution >= 4 is 35.4 Å². The number of methoxy groups -OCH3 is 1. The Bertz CT molecular complexity index is 1430. The van der Waals surface area contributed by atoms with E-state index in [1.54, 1.807) is 7.11 Å². The van der Waals surface area contributed by atoms with Gasteiger partial charge in [-0.25, -0.2) is 4.79 Å². The fourth-order valence-corrected chi connectivity index (χ4v) is 7.10. The lowest BCUT2D eigenvalue weighted by Crippen LogP contribution is -2.65. The van der Waals surface area contributed by atoms with Gasteiger partial charge in [0.05, 0.1) is 13.2 Å². The Balaban J connectivity index is 1.51. The van der Waals surface area contributed by atoms with E-state index in [4.69, 9.17) is 10.5 Å². The molecule has 2 saturated carbocycles. The number of ether oxygens (including phenoxy) is 1. The summed E-state index contributed by atoms with van der Waals surface area (Å²) in [7, 11) is 1.58. The molecule has 1 aromatic rings. The van der Waals surface area contributed by atoms with Gasteiger partial charge in [0.1, 0.15) is 23.4 Å². The maximum atomic E-state index is 14.4. The molecule has 1 aromatic carbocycles. The lowest BCUT2D eigenvalue weighted by Gasteiger charge is -2.39. The molecule has 13 nitrogen and oxygen atoms in total. The Labute approximate surface area is 295 Å². The zero-order valence-electron chi connectivity index (χ0n) is 30.4. The number of nitrogens with zero attached hydrogens (tertiary/aromatic N) is 1. The smallest absolute Gasteiger partial charge is 0.316 e. The maximum absolute atomic E-state index is 14.4. The van der Waals surface area contributed by atoms with E-state index in [0.717, 1.165) is 37.7 Å². The topological polar surface area (TPSA) is 189 Å². The molecular weight excluding hydrogens is 640 g/mol. The molecule has 1 heterocycles. The second-order valence-corrected chi connectivity index (χ2v) is 15.8. The normalized spacial score (nSPS) is 21.5. The number of likely N-dealkylation sites (tertiary alicyclic amines) is 1. The zero-order valence-corrected chi connectivity index (χ0v) is 30.4. The molecule has 4 atom stereocenters. The van der Waals surface area contributed by atoms with Crippen LogP contribution in [0.1, 0.15) is 98.0 Å². The summed E-state index contributed by atoms with van der Waals surface area (Å²) in [6.45, 7) is 10.1. The Morgan fingerprint density at radius 2 is 1.70 bits per heavy atom. The second kappa shape index (κ2) is 16.2. The van der Waals surface area contributed by atoms with Gasteiger partial charge in [-0.1, -0.05) is 78.9 Å². The summed E-state index contributed by atoms with van der Waals surface area (Å²) in [4.78, 5) is 81.6. The highest BCUT2D eigenvalue weighted by molar-refractivity contribution is 6.37. The predicted octanol–water partition coefficient (Wildman–Crippen LogP) is 2.94. The molecule has 1 saturated heterocycles. The molecule has 0 spiro atoms. The second-order valence-electron chi connectivity index (χ2n) is 15.8. The number of urea groups is 1. The monoisotopic (exact) mass is 696 g/mol. The number of benzene rings is 1. The van der Waals surface area contributed by atoms with Crippen molar-refractivity contribution in [2.24, 2.45) is 28.9 Å². The minimum atomic E-state index is -1.16. The van der Waals surface area contributed by atoms with E-state index in [9.17, 15) is 28.8 Å². The van der Waals surface area contributed by atoms with E-state index in [1.807, 2.05) is 58.9 Å². The number of carbonyl (C=O) groups excluding carboxylic acids is 6. The summed E-state index contributed by atoms with van der Waals surface area (Å²) in [5, 5.41) is 11.6. The molecule has 0 aromatic heterocycles. The first kappa shape index (κ1) is 38.6. The van der Waals surface area contributed by atoms with Gasteiger partial charge in [-0.05, 0) is 66.5 Å². The van der Waals surface area contributed by atoms with Crippen LogP contribution in [-0.4, -0.2) is 77.7 Å². The van der Waals surface area contributed by atoms with Crippen molar-refractivity contribution in [1.29, 1.82) is 0 Å². The zero-order chi connectivity index (χ0) is 36.8. The van der Waals surface area contributed by atoms with E-state index >= 15 is 0 Å². The SMILES string of the molecule is COc1cccc(CNC(=O)C2(NC(=O)N[C@H](C(=O)N3C[C@H](C(C)C)C[C@H]3C(=O)NC(CC3CC3)C(=O)C(N)=O)C(C)(C)C)CCCCC2)c1. The van der Waals surface area contributed by atoms with Crippen LogP contribution in [0.3, 0.4) is 0 Å². The summed E-state index contributed by atoms with van der Waals surface area (Å²) in [5.41, 5.74) is 4.23. The number of ketones is 1. The molecule has 6 amide bonds. The third-order valence-corrected chi connectivity index (χ3v) is 10.5. The Hall–Kier alpha value is -4.16. The molecule has 276 valence electrons. The number of carbonyl (C=O) groups is 6. The predicted molar refractivity (Wildman–Crippen MR) is 187 cm³/mol. The molecule has 3 fully saturated rings. The van der Waals surface area contributed by atoms with Crippen LogP contribution in [0.5, 0.6) is 5.75 Å². The van der Waals surface area contributed by atoms with Crippen molar-refractivity contribution in [3.8, 4) is 5.75 Å². The lowest BCUT2D eigenvalue weighted by atomic mass is 9.80. The van der Waals surface area contributed by atoms with Gasteiger partial charge in [0.15, 0.2) is 0 Å². The van der Waals surface area contributed by atoms with Crippen LogP contribution < -0.4 is 31.7 Å². The van der Waals surface area contributed by atoms with Crippen molar-refractivity contribution in [2.45, 2.75) is 123 Å². The molecule has 3 aliphatic rings. The Morgan fingerprint density at radius 1 is 1.02 bits per heavy atom. The number of amides is 6. The van der Waals surface area contributed by atoms with Crippen molar-refractivity contribution in [3.05, 3.63) is 29.8 Å². The summed E-state index contributed by atoms with van der Waals surface area (Å²) in [6, 6.07) is 3.75. The molecule has 1 aliphatic heterocycles. The molecule has 0 radical (unpaired) electrons. The largest absolute Gasteiger partial charge is 0.497 e. The summed E-state index contributed by atoms with van der Waals surface area (Å²) >= 11 is 0. The van der Waals surface area contributed by atoms with Gasteiger partial charge in [-0.15, -0.1) is 0 Å². The van der Waals surface area contributed by atoms with Crippen molar-refractivity contribution in [1.82, 2.24) is 26.2 Å². The van der Waals surface area contributed by atoms with Crippen LogP contribution in [0.25, 0.3) is 0 Å². The van der Waals surface area contributed by atoms with Crippen molar-refractivity contribution in [2.75, 3.05) is 13.7 Å². The average molecular weight is 697 g/mol. The highest BCUT2D eigenvalue weighted by atomic mass is 16.5. The number of nitrogens with two attached hydrogens (primary N) is 1. The van der Waals surface area contributed by atoms with Gasteiger partial charge < -0.3 is 36.6 Å². The fraction of sp³-hybridized carbons (Fsp3) is 0.676. The van der Waals surface area contributed by atoms with Gasteiger partial charge in [0, 0.05) is 13.1 Å². The maximum Gasteiger partial charge on any atom is 0.316 e.